The van der Waals surface area contributed by atoms with Crippen molar-refractivity contribution in [2.24, 2.45) is 4.99 Å². The maximum absolute atomic E-state index is 5.42. The number of ether oxygens (including phenoxy) is 4. The Kier molecular flexibility index (Phi) is 5.25. The van der Waals surface area contributed by atoms with Crippen LogP contribution in [0.3, 0.4) is 0 Å². The summed E-state index contributed by atoms with van der Waals surface area (Å²) in [4.78, 5) is 4.43. The zero-order valence-electron chi connectivity index (χ0n) is 13.1. The molecular weight excluding hydrogens is 282 g/mol. The highest BCUT2D eigenvalue weighted by Gasteiger charge is 2.14. The molecule has 116 valence electrons. The highest BCUT2D eigenvalue weighted by atomic mass is 16.5. The number of hydrogen-bond acceptors (Lipinski definition) is 5. The van der Waals surface area contributed by atoms with Crippen molar-refractivity contribution >= 4 is 11.9 Å². The van der Waals surface area contributed by atoms with Crippen LogP contribution in [0.5, 0.6) is 23.0 Å². The summed E-state index contributed by atoms with van der Waals surface area (Å²) in [6.45, 7) is 0. The van der Waals surface area contributed by atoms with Crippen LogP contribution < -0.4 is 18.9 Å². The lowest BCUT2D eigenvalue weighted by atomic mass is 10.2. The van der Waals surface area contributed by atoms with Gasteiger partial charge in [-0.1, -0.05) is 0 Å². The van der Waals surface area contributed by atoms with Gasteiger partial charge in [0.25, 0.3) is 0 Å². The molecule has 0 aliphatic carbocycles. The van der Waals surface area contributed by atoms with Crippen LogP contribution in [-0.2, 0) is 0 Å². The Morgan fingerprint density at radius 2 is 1.41 bits per heavy atom. The van der Waals surface area contributed by atoms with Gasteiger partial charge in [0.05, 0.1) is 34.1 Å². The zero-order chi connectivity index (χ0) is 15.9. The van der Waals surface area contributed by atoms with Gasteiger partial charge in [0.15, 0.2) is 11.5 Å². The molecular formula is C17H19NO4. The molecule has 0 radical (unpaired) electrons. The number of aliphatic imine (C=N–C) groups is 1. The van der Waals surface area contributed by atoms with E-state index in [-0.39, 0.29) is 0 Å². The second-order valence-electron chi connectivity index (χ2n) is 4.38. The van der Waals surface area contributed by atoms with Crippen LogP contribution in [0.1, 0.15) is 5.56 Å². The SMILES string of the molecule is COc1ccc(N=Cc2ccc(OC)c(OC)c2OC)cc1. The minimum atomic E-state index is 0.545. The molecule has 5 nitrogen and oxygen atoms in total. The lowest BCUT2D eigenvalue weighted by Crippen LogP contribution is -1.98. The van der Waals surface area contributed by atoms with E-state index in [2.05, 4.69) is 4.99 Å². The molecule has 0 unspecified atom stereocenters. The Morgan fingerprint density at radius 3 is 1.95 bits per heavy atom. The third-order valence-corrected chi connectivity index (χ3v) is 3.16. The first-order chi connectivity index (χ1) is 10.7. The van der Waals surface area contributed by atoms with Gasteiger partial charge in [0.2, 0.25) is 5.75 Å². The lowest BCUT2D eigenvalue weighted by Gasteiger charge is -2.13. The van der Waals surface area contributed by atoms with Crippen LogP contribution in [0.15, 0.2) is 41.4 Å². The van der Waals surface area contributed by atoms with E-state index in [9.17, 15) is 0 Å². The minimum Gasteiger partial charge on any atom is -0.497 e. The topological polar surface area (TPSA) is 49.3 Å². The summed E-state index contributed by atoms with van der Waals surface area (Å²) in [6.07, 6.45) is 1.72. The molecule has 0 aliphatic heterocycles. The molecule has 0 aromatic heterocycles. The fourth-order valence-corrected chi connectivity index (χ4v) is 2.04. The number of rotatable bonds is 6. The van der Waals surface area contributed by atoms with Gasteiger partial charge >= 0.3 is 0 Å². The monoisotopic (exact) mass is 301 g/mol. The molecule has 5 heteroatoms. The maximum Gasteiger partial charge on any atom is 0.203 e. The lowest BCUT2D eigenvalue weighted by molar-refractivity contribution is 0.324. The van der Waals surface area contributed by atoms with E-state index in [1.165, 1.54) is 0 Å². The molecule has 0 fully saturated rings. The van der Waals surface area contributed by atoms with E-state index in [1.807, 2.05) is 36.4 Å². The first kappa shape index (κ1) is 15.7. The van der Waals surface area contributed by atoms with Crippen molar-refractivity contribution in [2.45, 2.75) is 0 Å². The molecule has 0 bridgehead atoms. The third-order valence-electron chi connectivity index (χ3n) is 3.16. The molecule has 0 heterocycles. The van der Waals surface area contributed by atoms with E-state index in [0.29, 0.717) is 17.2 Å². The van der Waals surface area contributed by atoms with Gasteiger partial charge in [0, 0.05) is 11.8 Å². The largest absolute Gasteiger partial charge is 0.497 e. The van der Waals surface area contributed by atoms with Crippen LogP contribution >= 0.6 is 0 Å². The maximum atomic E-state index is 5.42. The summed E-state index contributed by atoms with van der Waals surface area (Å²) >= 11 is 0. The predicted octanol–water partition coefficient (Wildman–Crippen LogP) is 3.47. The molecule has 2 aromatic rings. The van der Waals surface area contributed by atoms with Crippen molar-refractivity contribution < 1.29 is 18.9 Å². The summed E-state index contributed by atoms with van der Waals surface area (Å²) in [7, 11) is 6.38. The van der Waals surface area contributed by atoms with E-state index in [1.54, 1.807) is 34.7 Å². The summed E-state index contributed by atoms with van der Waals surface area (Å²) in [5.74, 6) is 2.53. The fourth-order valence-electron chi connectivity index (χ4n) is 2.04. The van der Waals surface area contributed by atoms with Gasteiger partial charge < -0.3 is 18.9 Å². The highest BCUT2D eigenvalue weighted by Crippen LogP contribution is 2.39. The summed E-state index contributed by atoms with van der Waals surface area (Å²) in [6, 6.07) is 11.2. The molecule has 0 saturated heterocycles. The van der Waals surface area contributed by atoms with E-state index >= 15 is 0 Å². The first-order valence-electron chi connectivity index (χ1n) is 6.70. The number of methoxy groups -OCH3 is 4. The van der Waals surface area contributed by atoms with Gasteiger partial charge in [-0.3, -0.25) is 4.99 Å². The second-order valence-corrected chi connectivity index (χ2v) is 4.38. The first-order valence-corrected chi connectivity index (χ1v) is 6.70. The quantitative estimate of drug-likeness (QED) is 0.767. The predicted molar refractivity (Wildman–Crippen MR) is 86.3 cm³/mol. The third kappa shape index (κ3) is 3.31. The van der Waals surface area contributed by atoms with Gasteiger partial charge in [-0.25, -0.2) is 0 Å². The van der Waals surface area contributed by atoms with E-state index < -0.39 is 0 Å². The number of benzene rings is 2. The van der Waals surface area contributed by atoms with Crippen LogP contribution in [-0.4, -0.2) is 34.7 Å². The van der Waals surface area contributed by atoms with Crippen LogP contribution in [0.4, 0.5) is 5.69 Å². The van der Waals surface area contributed by atoms with Crippen LogP contribution in [0.25, 0.3) is 0 Å². The number of nitrogens with zero attached hydrogens (tertiary/aromatic N) is 1. The van der Waals surface area contributed by atoms with Crippen molar-refractivity contribution in [3.63, 3.8) is 0 Å². The van der Waals surface area contributed by atoms with Crippen molar-refractivity contribution in [1.29, 1.82) is 0 Å². The summed E-state index contributed by atoms with van der Waals surface area (Å²) in [5.41, 5.74) is 1.62. The van der Waals surface area contributed by atoms with Crippen molar-refractivity contribution in [2.75, 3.05) is 28.4 Å². The Morgan fingerprint density at radius 1 is 0.727 bits per heavy atom. The van der Waals surface area contributed by atoms with Gasteiger partial charge in [0.1, 0.15) is 5.75 Å². The van der Waals surface area contributed by atoms with E-state index in [4.69, 9.17) is 18.9 Å². The molecule has 0 amide bonds. The Bertz CT molecular complexity index is 650. The highest BCUT2D eigenvalue weighted by molar-refractivity contribution is 5.87. The molecule has 0 spiro atoms. The van der Waals surface area contributed by atoms with Gasteiger partial charge in [-0.15, -0.1) is 0 Å². The fraction of sp³-hybridized carbons (Fsp3) is 0.235. The van der Waals surface area contributed by atoms with Crippen molar-refractivity contribution in [1.82, 2.24) is 0 Å². The molecule has 22 heavy (non-hydrogen) atoms. The number of hydrogen-bond donors (Lipinski definition) is 0. The Labute approximate surface area is 130 Å². The molecule has 2 aromatic carbocycles. The molecule has 0 atom stereocenters. The van der Waals surface area contributed by atoms with Crippen molar-refractivity contribution in [3.05, 3.63) is 42.0 Å². The zero-order valence-corrected chi connectivity index (χ0v) is 13.1. The molecule has 0 saturated carbocycles. The smallest absolute Gasteiger partial charge is 0.203 e. The summed E-state index contributed by atoms with van der Waals surface area (Å²) < 4.78 is 21.2. The Hall–Kier alpha value is -2.69. The van der Waals surface area contributed by atoms with Crippen molar-refractivity contribution in [3.8, 4) is 23.0 Å². The summed E-state index contributed by atoms with van der Waals surface area (Å²) in [5, 5.41) is 0. The van der Waals surface area contributed by atoms with Gasteiger partial charge in [-0.2, -0.15) is 0 Å². The average molecular weight is 301 g/mol. The second kappa shape index (κ2) is 7.36. The molecule has 2 rings (SSSR count). The Balaban J connectivity index is 2.33. The molecule has 0 aliphatic rings. The molecule has 0 N–H and O–H groups in total. The van der Waals surface area contributed by atoms with Crippen LogP contribution in [0.2, 0.25) is 0 Å². The minimum absolute atomic E-state index is 0.545. The van der Waals surface area contributed by atoms with Gasteiger partial charge in [-0.05, 0) is 36.4 Å². The van der Waals surface area contributed by atoms with E-state index in [0.717, 1.165) is 17.0 Å². The van der Waals surface area contributed by atoms with Crippen LogP contribution in [0, 0.1) is 0 Å². The normalized spacial score (nSPS) is 10.5. The standard InChI is InChI=1S/C17H19NO4/c1-19-14-8-6-13(7-9-14)18-11-12-5-10-15(20-2)17(22-4)16(12)21-3/h5-11H,1-4H3. The average Bonchev–Trinajstić information content (AvgIpc) is 2.59.